The number of hydrogen-bond donors (Lipinski definition) is 3. The van der Waals surface area contributed by atoms with Gasteiger partial charge >= 0.3 is 5.91 Å². The molecule has 3 atom stereocenters. The lowest BCUT2D eigenvalue weighted by molar-refractivity contribution is -0.914. The molecule has 1 unspecified atom stereocenters. The van der Waals surface area contributed by atoms with Crippen molar-refractivity contribution < 1.29 is 23.6 Å². The highest BCUT2D eigenvalue weighted by atomic mass is 16.5. The first-order valence-electron chi connectivity index (χ1n) is 10.4. The van der Waals surface area contributed by atoms with Gasteiger partial charge in [-0.3, -0.25) is 20.4 Å². The predicted octanol–water partition coefficient (Wildman–Crippen LogP) is 1.74. The summed E-state index contributed by atoms with van der Waals surface area (Å²) in [5.41, 5.74) is 6.43. The van der Waals surface area contributed by atoms with Crippen molar-refractivity contribution in [2.24, 2.45) is 0 Å². The van der Waals surface area contributed by atoms with E-state index in [9.17, 15) is 9.59 Å². The number of amides is 2. The molecule has 2 heterocycles. The highest BCUT2D eigenvalue weighted by Gasteiger charge is 2.26. The average molecular weight is 410 g/mol. The Morgan fingerprint density at radius 3 is 2.53 bits per heavy atom. The lowest BCUT2D eigenvalue weighted by Crippen LogP contribution is -3.15. The number of quaternary nitrogens is 1. The largest absolute Gasteiger partial charge is 0.450 e. The maximum Gasteiger partial charge on any atom is 0.305 e. The van der Waals surface area contributed by atoms with Gasteiger partial charge in [0.2, 0.25) is 5.91 Å². The van der Waals surface area contributed by atoms with Crippen molar-refractivity contribution >= 4 is 33.6 Å². The molecule has 3 N–H and O–H groups in total. The second-order valence-corrected chi connectivity index (χ2v) is 8.14. The maximum absolute atomic E-state index is 12.6. The first kappa shape index (κ1) is 20.4. The minimum atomic E-state index is -0.456. The molecule has 1 aromatic heterocycles. The number of nitrogens with one attached hydrogen (secondary N) is 3. The van der Waals surface area contributed by atoms with Crippen LogP contribution in [0, 0.1) is 6.92 Å². The van der Waals surface area contributed by atoms with Gasteiger partial charge < -0.3 is 14.1 Å². The Kier molecular flexibility index (Phi) is 5.74. The Bertz CT molecular complexity index is 1080. The van der Waals surface area contributed by atoms with E-state index in [0.717, 1.165) is 34.8 Å². The summed E-state index contributed by atoms with van der Waals surface area (Å²) in [7, 11) is 0. The number of carbonyl (C=O) groups is 2. The second-order valence-electron chi connectivity index (χ2n) is 8.14. The Balaban J connectivity index is 1.38. The third-order valence-electron chi connectivity index (χ3n) is 5.67. The molecule has 0 radical (unpaired) electrons. The van der Waals surface area contributed by atoms with E-state index >= 15 is 0 Å². The Morgan fingerprint density at radius 1 is 1.03 bits per heavy atom. The van der Waals surface area contributed by atoms with Crippen LogP contribution in [-0.4, -0.2) is 43.7 Å². The first-order valence-corrected chi connectivity index (χ1v) is 10.4. The summed E-state index contributed by atoms with van der Waals surface area (Å²) in [6, 6.07) is 11.9. The number of benzene rings is 2. The molecule has 7 nitrogen and oxygen atoms in total. The van der Waals surface area contributed by atoms with E-state index in [0.29, 0.717) is 18.5 Å². The monoisotopic (exact) mass is 410 g/mol. The van der Waals surface area contributed by atoms with Crippen LogP contribution in [-0.2, 0) is 9.53 Å². The van der Waals surface area contributed by atoms with Gasteiger partial charge in [-0.25, -0.2) is 0 Å². The van der Waals surface area contributed by atoms with Crippen molar-refractivity contribution in [3.05, 3.63) is 47.7 Å². The smallest absolute Gasteiger partial charge is 0.305 e. The Hall–Kier alpha value is -2.90. The van der Waals surface area contributed by atoms with Crippen molar-refractivity contribution in [1.82, 2.24) is 10.9 Å². The zero-order valence-electron chi connectivity index (χ0n) is 17.6. The summed E-state index contributed by atoms with van der Waals surface area (Å²) in [6.07, 6.45) is 0.719. The van der Waals surface area contributed by atoms with E-state index in [1.54, 1.807) is 0 Å². The highest BCUT2D eigenvalue weighted by Crippen LogP contribution is 2.31. The Labute approximate surface area is 175 Å². The van der Waals surface area contributed by atoms with Crippen LogP contribution in [0.25, 0.3) is 21.7 Å². The summed E-state index contributed by atoms with van der Waals surface area (Å²) >= 11 is 0. The van der Waals surface area contributed by atoms with Gasteiger partial charge in [0, 0.05) is 16.3 Å². The van der Waals surface area contributed by atoms with Crippen molar-refractivity contribution in [3.63, 3.8) is 0 Å². The van der Waals surface area contributed by atoms with E-state index in [2.05, 4.69) is 24.7 Å². The highest BCUT2D eigenvalue weighted by molar-refractivity contribution is 6.09. The van der Waals surface area contributed by atoms with Gasteiger partial charge in [0.25, 0.3) is 0 Å². The lowest BCUT2D eigenvalue weighted by Gasteiger charge is -2.32. The van der Waals surface area contributed by atoms with E-state index in [1.807, 2.05) is 43.3 Å². The SMILES string of the molecule is Cc1c(C(=O)NNC(=O)CC[NH+]2C[C@@H](C)O[C@@H](C)C2)oc2c1ccc1ccccc12. The summed E-state index contributed by atoms with van der Waals surface area (Å²) in [4.78, 5) is 26.2. The molecule has 2 aromatic carbocycles. The van der Waals surface area contributed by atoms with Crippen LogP contribution in [0.15, 0.2) is 40.8 Å². The van der Waals surface area contributed by atoms with Gasteiger partial charge in [-0.05, 0) is 26.2 Å². The zero-order chi connectivity index (χ0) is 21.3. The molecule has 158 valence electrons. The van der Waals surface area contributed by atoms with Gasteiger partial charge in [0.15, 0.2) is 5.76 Å². The number of hydrogen-bond acceptors (Lipinski definition) is 4. The van der Waals surface area contributed by atoms with Crippen molar-refractivity contribution in [2.75, 3.05) is 19.6 Å². The molecule has 0 spiro atoms. The second kappa shape index (κ2) is 8.45. The summed E-state index contributed by atoms with van der Waals surface area (Å²) in [6.45, 7) is 8.42. The van der Waals surface area contributed by atoms with Crippen LogP contribution in [0.3, 0.4) is 0 Å². The topological polar surface area (TPSA) is 85.0 Å². The van der Waals surface area contributed by atoms with Crippen molar-refractivity contribution in [3.8, 4) is 0 Å². The van der Waals surface area contributed by atoms with E-state index < -0.39 is 5.91 Å². The van der Waals surface area contributed by atoms with Crippen molar-refractivity contribution in [2.45, 2.75) is 39.4 Å². The first-order chi connectivity index (χ1) is 14.4. The van der Waals surface area contributed by atoms with Crippen LogP contribution in [0.4, 0.5) is 0 Å². The molecule has 0 aliphatic carbocycles. The summed E-state index contributed by atoms with van der Waals surface area (Å²) in [5, 5.41) is 2.90. The third-order valence-corrected chi connectivity index (χ3v) is 5.67. The molecule has 4 rings (SSSR count). The lowest BCUT2D eigenvalue weighted by atomic mass is 10.1. The van der Waals surface area contributed by atoms with Crippen LogP contribution in [0.2, 0.25) is 0 Å². The molecule has 0 bridgehead atoms. The van der Waals surface area contributed by atoms with Crippen LogP contribution in [0.5, 0.6) is 0 Å². The van der Waals surface area contributed by atoms with E-state index in [-0.39, 0.29) is 23.9 Å². The fraction of sp³-hybridized carbons (Fsp3) is 0.391. The number of carbonyl (C=O) groups excluding carboxylic acids is 2. The van der Waals surface area contributed by atoms with Crippen molar-refractivity contribution in [1.29, 1.82) is 0 Å². The molecule has 3 aromatic rings. The van der Waals surface area contributed by atoms with E-state index in [4.69, 9.17) is 9.15 Å². The number of hydrazine groups is 1. The summed E-state index contributed by atoms with van der Waals surface area (Å²) < 4.78 is 11.6. The zero-order valence-corrected chi connectivity index (χ0v) is 17.6. The molecule has 1 aliphatic heterocycles. The summed E-state index contributed by atoms with van der Waals surface area (Å²) in [5.74, 6) is -0.466. The van der Waals surface area contributed by atoms with Gasteiger partial charge in [-0.15, -0.1) is 0 Å². The number of ether oxygens (including phenoxy) is 1. The molecule has 30 heavy (non-hydrogen) atoms. The molecule has 7 heteroatoms. The fourth-order valence-electron chi connectivity index (χ4n) is 4.30. The number of morpholine rings is 1. The average Bonchev–Trinajstić information content (AvgIpc) is 3.07. The van der Waals surface area contributed by atoms with Crippen LogP contribution >= 0.6 is 0 Å². The number of fused-ring (bicyclic) bond motifs is 3. The molecular weight excluding hydrogens is 382 g/mol. The van der Waals surface area contributed by atoms with Gasteiger partial charge in [-0.2, -0.15) is 0 Å². The van der Waals surface area contributed by atoms with E-state index in [1.165, 1.54) is 4.90 Å². The van der Waals surface area contributed by atoms with Gasteiger partial charge in [-0.1, -0.05) is 36.4 Å². The molecule has 1 aliphatic rings. The van der Waals surface area contributed by atoms with Crippen LogP contribution < -0.4 is 15.8 Å². The number of aryl methyl sites for hydroxylation is 1. The van der Waals surface area contributed by atoms with Gasteiger partial charge in [0.05, 0.1) is 13.0 Å². The molecule has 0 saturated carbocycles. The third kappa shape index (κ3) is 4.17. The number of rotatable bonds is 4. The molecule has 1 fully saturated rings. The van der Waals surface area contributed by atoms with Gasteiger partial charge in [0.1, 0.15) is 30.9 Å². The Morgan fingerprint density at radius 2 is 1.77 bits per heavy atom. The predicted molar refractivity (Wildman–Crippen MR) is 114 cm³/mol. The number of furan rings is 1. The molecule has 2 amide bonds. The minimum Gasteiger partial charge on any atom is -0.450 e. The standard InChI is InChI=1S/C23H27N3O4/c1-14-12-26(13-15(2)29-14)11-10-20(27)24-25-23(28)21-16(3)18-9-8-17-6-4-5-7-19(17)22(18)30-21/h4-9,14-15H,10-13H2,1-3H3,(H,24,27)(H,25,28)/p+1/t14-,15+. The minimum absolute atomic E-state index is 0.193. The molecular formula is C23H28N3O4+. The fourth-order valence-corrected chi connectivity index (χ4v) is 4.30. The molecule has 1 saturated heterocycles. The quantitative estimate of drug-likeness (QED) is 0.572. The van der Waals surface area contributed by atoms with Crippen LogP contribution in [0.1, 0.15) is 36.4 Å². The maximum atomic E-state index is 12.6. The normalized spacial score (nSPS) is 21.6.